The van der Waals surface area contributed by atoms with Crippen LogP contribution in [0.15, 0.2) is 77.5 Å². The van der Waals surface area contributed by atoms with Crippen molar-refractivity contribution in [1.29, 1.82) is 0 Å². The fourth-order valence-corrected chi connectivity index (χ4v) is 3.49. The average Bonchev–Trinajstić information content (AvgIpc) is 3.18. The van der Waals surface area contributed by atoms with Crippen LogP contribution in [0.1, 0.15) is 21.7 Å². The minimum absolute atomic E-state index is 0.00616. The molecule has 2 heterocycles. The van der Waals surface area contributed by atoms with Crippen molar-refractivity contribution in [3.63, 3.8) is 0 Å². The van der Waals surface area contributed by atoms with Gasteiger partial charge < -0.3 is 19.4 Å². The van der Waals surface area contributed by atoms with Crippen LogP contribution in [0.3, 0.4) is 0 Å². The van der Waals surface area contributed by atoms with Gasteiger partial charge in [0.25, 0.3) is 5.91 Å². The molecule has 1 N–H and O–H groups in total. The molecule has 0 saturated heterocycles. The molecule has 0 bridgehead atoms. The van der Waals surface area contributed by atoms with Gasteiger partial charge in [0.15, 0.2) is 0 Å². The highest BCUT2D eigenvalue weighted by Crippen LogP contribution is 2.32. The molecule has 0 fully saturated rings. The normalized spacial score (nSPS) is 10.8. The van der Waals surface area contributed by atoms with Crippen LogP contribution in [0.25, 0.3) is 11.0 Å². The zero-order chi connectivity index (χ0) is 23.2. The SMILES string of the molecule is COCC(=O)Nc1c(C(=O)N(Cc2ccc(F)cc2)Cc2cccnc2)oc2ccccc12. The van der Waals surface area contributed by atoms with Gasteiger partial charge in [-0.1, -0.05) is 30.3 Å². The maximum absolute atomic E-state index is 13.7. The Kier molecular flexibility index (Phi) is 6.75. The van der Waals surface area contributed by atoms with Crippen molar-refractivity contribution in [1.82, 2.24) is 9.88 Å². The van der Waals surface area contributed by atoms with Gasteiger partial charge in [-0.2, -0.15) is 0 Å². The number of methoxy groups -OCH3 is 1. The number of fused-ring (bicyclic) bond motifs is 1. The van der Waals surface area contributed by atoms with Crippen molar-refractivity contribution >= 4 is 28.5 Å². The Labute approximate surface area is 189 Å². The number of rotatable bonds is 8. The number of benzene rings is 2. The Morgan fingerprint density at radius 3 is 2.52 bits per heavy atom. The summed E-state index contributed by atoms with van der Waals surface area (Å²) in [6.45, 7) is 0.283. The number of nitrogens with one attached hydrogen (secondary N) is 1. The smallest absolute Gasteiger partial charge is 0.292 e. The summed E-state index contributed by atoms with van der Waals surface area (Å²) in [6.07, 6.45) is 3.32. The van der Waals surface area contributed by atoms with Crippen molar-refractivity contribution in [2.24, 2.45) is 0 Å². The molecule has 4 aromatic rings. The number of amides is 2. The lowest BCUT2D eigenvalue weighted by atomic mass is 10.1. The summed E-state index contributed by atoms with van der Waals surface area (Å²) in [5.41, 5.74) is 2.31. The summed E-state index contributed by atoms with van der Waals surface area (Å²) >= 11 is 0. The maximum Gasteiger partial charge on any atom is 0.292 e. The Morgan fingerprint density at radius 1 is 1.03 bits per heavy atom. The molecule has 0 atom stereocenters. The Bertz CT molecular complexity index is 1260. The van der Waals surface area contributed by atoms with Crippen molar-refractivity contribution < 1.29 is 23.1 Å². The second kappa shape index (κ2) is 10.1. The molecule has 0 aliphatic rings. The van der Waals surface area contributed by atoms with Gasteiger partial charge >= 0.3 is 0 Å². The second-order valence-corrected chi connectivity index (χ2v) is 7.43. The van der Waals surface area contributed by atoms with E-state index in [9.17, 15) is 14.0 Å². The molecule has 33 heavy (non-hydrogen) atoms. The Morgan fingerprint density at radius 2 is 1.79 bits per heavy atom. The topological polar surface area (TPSA) is 84.7 Å². The van der Waals surface area contributed by atoms with E-state index in [1.54, 1.807) is 59.8 Å². The van der Waals surface area contributed by atoms with E-state index in [0.29, 0.717) is 11.0 Å². The highest BCUT2D eigenvalue weighted by Gasteiger charge is 2.27. The van der Waals surface area contributed by atoms with Crippen LogP contribution in [0.2, 0.25) is 0 Å². The summed E-state index contributed by atoms with van der Waals surface area (Å²) < 4.78 is 24.2. The Hall–Kier alpha value is -4.04. The van der Waals surface area contributed by atoms with Gasteiger partial charge in [0.2, 0.25) is 11.7 Å². The third-order valence-electron chi connectivity index (χ3n) is 5.00. The minimum Gasteiger partial charge on any atom is -0.449 e. The van der Waals surface area contributed by atoms with E-state index < -0.39 is 11.8 Å². The molecule has 0 aliphatic carbocycles. The van der Waals surface area contributed by atoms with E-state index >= 15 is 0 Å². The number of furan rings is 1. The van der Waals surface area contributed by atoms with Gasteiger partial charge in [0.1, 0.15) is 23.7 Å². The molecule has 2 aromatic heterocycles. The van der Waals surface area contributed by atoms with E-state index in [1.807, 2.05) is 6.07 Å². The third kappa shape index (κ3) is 5.24. The zero-order valence-electron chi connectivity index (χ0n) is 18.0. The molecule has 0 unspecified atom stereocenters. The van der Waals surface area contributed by atoms with Gasteiger partial charge in [0.05, 0.1) is 0 Å². The van der Waals surface area contributed by atoms with Gasteiger partial charge in [-0.3, -0.25) is 14.6 Å². The van der Waals surface area contributed by atoms with Crippen molar-refractivity contribution in [2.75, 3.05) is 19.0 Å². The highest BCUT2D eigenvalue weighted by atomic mass is 19.1. The van der Waals surface area contributed by atoms with Crippen LogP contribution < -0.4 is 5.32 Å². The number of anilines is 1. The van der Waals surface area contributed by atoms with E-state index in [0.717, 1.165) is 11.1 Å². The number of carbonyl (C=O) groups excluding carboxylic acids is 2. The Balaban J connectivity index is 1.72. The average molecular weight is 447 g/mol. The first kappa shape index (κ1) is 22.2. The molecule has 0 spiro atoms. The van der Waals surface area contributed by atoms with Crippen LogP contribution >= 0.6 is 0 Å². The lowest BCUT2D eigenvalue weighted by Gasteiger charge is -2.22. The number of carbonyl (C=O) groups is 2. The van der Waals surface area contributed by atoms with E-state index in [4.69, 9.17) is 9.15 Å². The predicted molar refractivity (Wildman–Crippen MR) is 121 cm³/mol. The standard InChI is InChI=1S/C25H22FN3O4/c1-32-16-22(30)28-23-20-6-2-3-7-21(20)33-24(23)25(31)29(15-18-5-4-12-27-13-18)14-17-8-10-19(26)11-9-17/h2-13H,14-16H2,1H3,(H,28,30). The lowest BCUT2D eigenvalue weighted by Crippen LogP contribution is -2.31. The molecule has 0 radical (unpaired) electrons. The van der Waals surface area contributed by atoms with Crippen LogP contribution in [0.4, 0.5) is 10.1 Å². The summed E-state index contributed by atoms with van der Waals surface area (Å²) in [5.74, 6) is -1.18. The maximum atomic E-state index is 13.7. The summed E-state index contributed by atoms with van der Waals surface area (Å²) in [6, 6.07) is 16.7. The molecule has 0 aliphatic heterocycles. The number of aromatic nitrogens is 1. The molecule has 8 heteroatoms. The number of para-hydroxylation sites is 1. The number of nitrogens with zero attached hydrogens (tertiary/aromatic N) is 2. The molecular weight excluding hydrogens is 425 g/mol. The fourth-order valence-electron chi connectivity index (χ4n) is 3.49. The first-order chi connectivity index (χ1) is 16.0. The van der Waals surface area contributed by atoms with Gasteiger partial charge in [-0.15, -0.1) is 0 Å². The molecule has 0 saturated carbocycles. The molecule has 168 valence electrons. The van der Waals surface area contributed by atoms with Crippen LogP contribution in [0.5, 0.6) is 0 Å². The minimum atomic E-state index is -0.424. The summed E-state index contributed by atoms with van der Waals surface area (Å²) in [7, 11) is 1.41. The first-order valence-electron chi connectivity index (χ1n) is 10.3. The van der Waals surface area contributed by atoms with Crippen LogP contribution in [0, 0.1) is 5.82 Å². The van der Waals surface area contributed by atoms with Crippen molar-refractivity contribution in [3.8, 4) is 0 Å². The molecule has 7 nitrogen and oxygen atoms in total. The summed E-state index contributed by atoms with van der Waals surface area (Å²) in [4.78, 5) is 31.7. The largest absolute Gasteiger partial charge is 0.449 e. The molecular formula is C25H22FN3O4. The van der Waals surface area contributed by atoms with E-state index in [-0.39, 0.29) is 37.0 Å². The molecule has 2 amide bonds. The van der Waals surface area contributed by atoms with Gasteiger partial charge in [-0.25, -0.2) is 4.39 Å². The number of ether oxygens (including phenoxy) is 1. The number of hydrogen-bond acceptors (Lipinski definition) is 5. The fraction of sp³-hybridized carbons (Fsp3) is 0.160. The summed E-state index contributed by atoms with van der Waals surface area (Å²) in [5, 5.41) is 3.34. The number of pyridine rings is 1. The van der Waals surface area contributed by atoms with Crippen LogP contribution in [-0.4, -0.2) is 35.4 Å². The van der Waals surface area contributed by atoms with Crippen LogP contribution in [-0.2, 0) is 22.6 Å². The first-order valence-corrected chi connectivity index (χ1v) is 10.3. The second-order valence-electron chi connectivity index (χ2n) is 7.43. The number of hydrogen-bond donors (Lipinski definition) is 1. The number of halogens is 1. The third-order valence-corrected chi connectivity index (χ3v) is 5.00. The van der Waals surface area contributed by atoms with E-state index in [1.165, 1.54) is 19.2 Å². The molecule has 2 aromatic carbocycles. The highest BCUT2D eigenvalue weighted by molar-refractivity contribution is 6.11. The molecule has 4 rings (SSSR count). The van der Waals surface area contributed by atoms with E-state index in [2.05, 4.69) is 10.3 Å². The monoisotopic (exact) mass is 447 g/mol. The zero-order valence-corrected chi connectivity index (χ0v) is 18.0. The van der Waals surface area contributed by atoms with Crippen molar-refractivity contribution in [3.05, 3.63) is 95.8 Å². The van der Waals surface area contributed by atoms with Crippen molar-refractivity contribution in [2.45, 2.75) is 13.1 Å². The predicted octanol–water partition coefficient (Wildman–Crippen LogP) is 4.39. The van der Waals surface area contributed by atoms with Gasteiger partial charge in [-0.05, 0) is 41.5 Å². The lowest BCUT2D eigenvalue weighted by molar-refractivity contribution is -0.119. The quantitative estimate of drug-likeness (QED) is 0.433. The van der Waals surface area contributed by atoms with Gasteiger partial charge in [0, 0.05) is 38.0 Å².